The fraction of sp³-hybridized carbons (Fsp3) is 0.318. The molecular formula is C22H24N2O5. The van der Waals surface area contributed by atoms with Crippen LogP contribution in [0.1, 0.15) is 30.6 Å². The van der Waals surface area contributed by atoms with Gasteiger partial charge in [-0.25, -0.2) is 0 Å². The van der Waals surface area contributed by atoms with E-state index in [1.54, 1.807) is 48.5 Å². The standard InChI is InChI=1S/C22H24N2O5/c1-3-11-23-22(27)20-13-24(18-9-4-5-10-19(18)29-20)21(26)14-28-17-8-6-7-16(12-17)15(2)25/h4-10,12,20H,3,11,13-14H2,1-2H3,(H,23,27)/t20-/m0/s1. The van der Waals surface area contributed by atoms with E-state index in [4.69, 9.17) is 9.47 Å². The first-order chi connectivity index (χ1) is 14.0. The lowest BCUT2D eigenvalue weighted by Gasteiger charge is -2.34. The highest BCUT2D eigenvalue weighted by molar-refractivity contribution is 5.98. The van der Waals surface area contributed by atoms with Crippen LogP contribution in [-0.2, 0) is 9.59 Å². The third-order valence-electron chi connectivity index (χ3n) is 4.52. The number of para-hydroxylation sites is 2. The van der Waals surface area contributed by atoms with Crippen molar-refractivity contribution in [1.29, 1.82) is 0 Å². The van der Waals surface area contributed by atoms with Crippen molar-refractivity contribution in [2.75, 3.05) is 24.6 Å². The molecule has 0 unspecified atom stereocenters. The maximum Gasteiger partial charge on any atom is 0.265 e. The Hall–Kier alpha value is -3.35. The van der Waals surface area contributed by atoms with Crippen molar-refractivity contribution in [1.82, 2.24) is 5.32 Å². The van der Waals surface area contributed by atoms with Gasteiger partial charge in [-0.1, -0.05) is 31.2 Å². The minimum absolute atomic E-state index is 0.0789. The Bertz CT molecular complexity index is 912. The molecule has 3 rings (SSSR count). The third kappa shape index (κ3) is 4.93. The van der Waals surface area contributed by atoms with Crippen LogP contribution in [0, 0.1) is 0 Å². The summed E-state index contributed by atoms with van der Waals surface area (Å²) in [5.74, 6) is 0.272. The third-order valence-corrected chi connectivity index (χ3v) is 4.52. The first-order valence-electron chi connectivity index (χ1n) is 9.57. The van der Waals surface area contributed by atoms with Crippen LogP contribution in [0.25, 0.3) is 0 Å². The summed E-state index contributed by atoms with van der Waals surface area (Å²) in [5.41, 5.74) is 1.11. The molecule has 0 aromatic heterocycles. The predicted molar refractivity (Wildman–Crippen MR) is 108 cm³/mol. The molecule has 7 nitrogen and oxygen atoms in total. The van der Waals surface area contributed by atoms with Crippen molar-refractivity contribution < 1.29 is 23.9 Å². The van der Waals surface area contributed by atoms with Crippen LogP contribution in [0.3, 0.4) is 0 Å². The Balaban J connectivity index is 1.73. The summed E-state index contributed by atoms with van der Waals surface area (Å²) in [5, 5.41) is 2.80. The lowest BCUT2D eigenvalue weighted by molar-refractivity contribution is -0.128. The van der Waals surface area contributed by atoms with Crippen molar-refractivity contribution in [2.24, 2.45) is 0 Å². The molecule has 1 heterocycles. The summed E-state index contributed by atoms with van der Waals surface area (Å²) in [6, 6.07) is 13.8. The second kappa shape index (κ2) is 9.23. The van der Waals surface area contributed by atoms with Gasteiger partial charge in [0.1, 0.15) is 11.5 Å². The number of anilines is 1. The van der Waals surface area contributed by atoms with Gasteiger partial charge in [-0.2, -0.15) is 0 Å². The molecule has 7 heteroatoms. The topological polar surface area (TPSA) is 84.9 Å². The number of hydrogen-bond acceptors (Lipinski definition) is 5. The second-order valence-electron chi connectivity index (χ2n) is 6.74. The Kier molecular flexibility index (Phi) is 6.49. The van der Waals surface area contributed by atoms with Gasteiger partial charge in [0.15, 0.2) is 18.5 Å². The fourth-order valence-corrected chi connectivity index (χ4v) is 3.00. The molecule has 152 valence electrons. The quantitative estimate of drug-likeness (QED) is 0.727. The fourth-order valence-electron chi connectivity index (χ4n) is 3.00. The molecule has 0 saturated heterocycles. The summed E-state index contributed by atoms with van der Waals surface area (Å²) in [4.78, 5) is 38.3. The zero-order valence-electron chi connectivity index (χ0n) is 16.5. The molecule has 0 spiro atoms. The van der Waals surface area contributed by atoms with Crippen molar-refractivity contribution >= 4 is 23.3 Å². The van der Waals surface area contributed by atoms with Crippen molar-refractivity contribution in [2.45, 2.75) is 26.4 Å². The highest BCUT2D eigenvalue weighted by atomic mass is 16.5. The molecule has 0 radical (unpaired) electrons. The number of carbonyl (C=O) groups is 3. The average Bonchev–Trinajstić information content (AvgIpc) is 2.75. The van der Waals surface area contributed by atoms with Crippen LogP contribution >= 0.6 is 0 Å². The molecule has 1 N–H and O–H groups in total. The van der Waals surface area contributed by atoms with Gasteiger partial charge in [0.05, 0.1) is 12.2 Å². The average molecular weight is 396 g/mol. The number of nitrogens with zero attached hydrogens (tertiary/aromatic N) is 1. The zero-order chi connectivity index (χ0) is 20.8. The first-order valence-corrected chi connectivity index (χ1v) is 9.57. The minimum Gasteiger partial charge on any atom is -0.484 e. The molecule has 0 saturated carbocycles. The van der Waals surface area contributed by atoms with Crippen LogP contribution in [0.4, 0.5) is 5.69 Å². The molecule has 0 fully saturated rings. The molecule has 1 atom stereocenters. The molecule has 1 aliphatic heterocycles. The SMILES string of the molecule is CCCNC(=O)[C@@H]1CN(C(=O)COc2cccc(C(C)=O)c2)c2ccccc2O1. The highest BCUT2D eigenvalue weighted by Gasteiger charge is 2.33. The Morgan fingerprint density at radius 2 is 1.97 bits per heavy atom. The summed E-state index contributed by atoms with van der Waals surface area (Å²) >= 11 is 0. The molecule has 2 aromatic carbocycles. The lowest BCUT2D eigenvalue weighted by Crippen LogP contribution is -2.51. The predicted octanol–water partition coefficient (Wildman–Crippen LogP) is 2.59. The first kappa shape index (κ1) is 20.4. The van der Waals surface area contributed by atoms with Gasteiger partial charge < -0.3 is 19.7 Å². The van der Waals surface area contributed by atoms with Gasteiger partial charge in [-0.15, -0.1) is 0 Å². The van der Waals surface area contributed by atoms with Crippen LogP contribution in [0.2, 0.25) is 0 Å². The number of rotatable bonds is 7. The van der Waals surface area contributed by atoms with Gasteiger partial charge >= 0.3 is 0 Å². The maximum atomic E-state index is 12.9. The van der Waals surface area contributed by atoms with Gasteiger partial charge in [0.2, 0.25) is 0 Å². The molecule has 29 heavy (non-hydrogen) atoms. The van der Waals surface area contributed by atoms with E-state index in [1.807, 2.05) is 6.92 Å². The number of Topliss-reactive ketones (excluding diaryl/α,β-unsaturated/α-hetero) is 1. The van der Waals surface area contributed by atoms with Gasteiger partial charge in [-0.05, 0) is 37.6 Å². The van der Waals surface area contributed by atoms with Crippen LogP contribution in [-0.4, -0.2) is 43.4 Å². The lowest BCUT2D eigenvalue weighted by atomic mass is 10.1. The Morgan fingerprint density at radius 1 is 1.17 bits per heavy atom. The number of ketones is 1. The highest BCUT2D eigenvalue weighted by Crippen LogP contribution is 2.33. The van der Waals surface area contributed by atoms with E-state index in [2.05, 4.69) is 5.32 Å². The number of hydrogen-bond donors (Lipinski definition) is 1. The number of carbonyl (C=O) groups excluding carboxylic acids is 3. The van der Waals surface area contributed by atoms with Crippen LogP contribution in [0.5, 0.6) is 11.5 Å². The molecule has 1 aliphatic rings. The molecule has 0 bridgehead atoms. The normalized spacial score (nSPS) is 15.1. The maximum absolute atomic E-state index is 12.9. The van der Waals surface area contributed by atoms with Gasteiger partial charge in [0, 0.05) is 12.1 Å². The molecular weight excluding hydrogens is 372 g/mol. The van der Waals surface area contributed by atoms with Crippen LogP contribution in [0.15, 0.2) is 48.5 Å². The van der Waals surface area contributed by atoms with Crippen molar-refractivity contribution in [3.05, 3.63) is 54.1 Å². The number of nitrogens with one attached hydrogen (secondary N) is 1. The largest absolute Gasteiger partial charge is 0.484 e. The summed E-state index contributed by atoms with van der Waals surface area (Å²) in [6.07, 6.45) is 0.0200. The number of benzene rings is 2. The monoisotopic (exact) mass is 396 g/mol. The second-order valence-corrected chi connectivity index (χ2v) is 6.74. The molecule has 2 amide bonds. The molecule has 0 aliphatic carbocycles. The minimum atomic E-state index is -0.790. The van der Waals surface area contributed by atoms with Crippen molar-refractivity contribution in [3.63, 3.8) is 0 Å². The molecule has 2 aromatic rings. The summed E-state index contributed by atoms with van der Waals surface area (Å²) in [7, 11) is 0. The van der Waals surface area contributed by atoms with Gasteiger partial charge in [0.25, 0.3) is 11.8 Å². The number of amides is 2. The van der Waals surface area contributed by atoms with E-state index in [0.29, 0.717) is 29.3 Å². The Labute approximate surface area is 169 Å². The Morgan fingerprint density at radius 3 is 2.72 bits per heavy atom. The summed E-state index contributed by atoms with van der Waals surface area (Å²) in [6.45, 7) is 3.86. The van der Waals surface area contributed by atoms with E-state index in [1.165, 1.54) is 11.8 Å². The number of fused-ring (bicyclic) bond motifs is 1. The van der Waals surface area contributed by atoms with Gasteiger partial charge in [-0.3, -0.25) is 14.4 Å². The van der Waals surface area contributed by atoms with E-state index in [-0.39, 0.29) is 30.7 Å². The zero-order valence-corrected chi connectivity index (χ0v) is 16.5. The van der Waals surface area contributed by atoms with Crippen LogP contribution < -0.4 is 19.7 Å². The van der Waals surface area contributed by atoms with E-state index in [0.717, 1.165) is 6.42 Å². The summed E-state index contributed by atoms with van der Waals surface area (Å²) < 4.78 is 11.4. The smallest absolute Gasteiger partial charge is 0.265 e. The number of ether oxygens (including phenoxy) is 2. The van der Waals surface area contributed by atoms with E-state index >= 15 is 0 Å². The van der Waals surface area contributed by atoms with E-state index < -0.39 is 6.10 Å². The van der Waals surface area contributed by atoms with Crippen molar-refractivity contribution in [3.8, 4) is 11.5 Å². The van der Waals surface area contributed by atoms with E-state index in [9.17, 15) is 14.4 Å².